The van der Waals surface area contributed by atoms with E-state index in [0.717, 1.165) is 11.8 Å². The molecule has 0 saturated carbocycles. The molecule has 1 nitrogen and oxygen atoms in total. The summed E-state index contributed by atoms with van der Waals surface area (Å²) in [5, 5.41) is 8.94. The summed E-state index contributed by atoms with van der Waals surface area (Å²) < 4.78 is 0. The van der Waals surface area contributed by atoms with Crippen LogP contribution in [0.4, 0.5) is 0 Å². The fourth-order valence-electron chi connectivity index (χ4n) is 0.0598. The van der Waals surface area contributed by atoms with Crippen LogP contribution in [0.15, 0.2) is 0 Å². The van der Waals surface area contributed by atoms with Crippen molar-refractivity contribution in [2.24, 2.45) is 0 Å². The highest BCUT2D eigenvalue weighted by Crippen LogP contribution is 1.81. The van der Waals surface area contributed by atoms with Crippen LogP contribution in [0.5, 0.6) is 0 Å². The molecule has 0 saturated heterocycles. The average molecular weight is 169 g/mol. The van der Waals surface area contributed by atoms with Gasteiger partial charge in [0.25, 0.3) is 0 Å². The maximum absolute atomic E-state index is 8.04. The Kier molecular flexibility index (Phi) is 24.0. The molecule has 0 amide bonds. The van der Waals surface area contributed by atoms with Crippen molar-refractivity contribution >= 4 is 15.9 Å². The first-order valence-corrected chi connectivity index (χ1v) is 3.70. The van der Waals surface area contributed by atoms with Crippen LogP contribution in [0.25, 0.3) is 0 Å². The molecule has 1 N–H and O–H groups in total. The summed E-state index contributed by atoms with van der Waals surface area (Å²) in [5.74, 6) is 0. The lowest BCUT2D eigenvalue weighted by Crippen LogP contribution is -1.78. The third-order valence-electron chi connectivity index (χ3n) is 0.292. The minimum Gasteiger partial charge on any atom is -0.396 e. The standard InChI is InChI=1S/C3H7BrO.C2H6/c4-2-1-3-5;1-2/h5H,1-3H2;1-2H3. The smallest absolute Gasteiger partial charge is 0.0438 e. The summed E-state index contributed by atoms with van der Waals surface area (Å²) in [5.41, 5.74) is 0. The van der Waals surface area contributed by atoms with Crippen molar-refractivity contribution in [2.75, 3.05) is 11.9 Å². The van der Waals surface area contributed by atoms with E-state index in [1.807, 2.05) is 13.8 Å². The van der Waals surface area contributed by atoms with Gasteiger partial charge in [-0.1, -0.05) is 29.8 Å². The normalized spacial score (nSPS) is 6.86. The van der Waals surface area contributed by atoms with Gasteiger partial charge in [-0.3, -0.25) is 0 Å². The topological polar surface area (TPSA) is 20.2 Å². The zero-order valence-corrected chi connectivity index (χ0v) is 6.53. The van der Waals surface area contributed by atoms with Gasteiger partial charge in [0.1, 0.15) is 0 Å². The molecule has 0 atom stereocenters. The van der Waals surface area contributed by atoms with Gasteiger partial charge in [-0.2, -0.15) is 0 Å². The van der Waals surface area contributed by atoms with Gasteiger partial charge in [-0.05, 0) is 6.42 Å². The molecule has 0 aliphatic carbocycles. The van der Waals surface area contributed by atoms with E-state index in [2.05, 4.69) is 15.9 Å². The lowest BCUT2D eigenvalue weighted by molar-refractivity contribution is 0.296. The molecule has 0 aromatic heterocycles. The zero-order valence-electron chi connectivity index (χ0n) is 4.95. The van der Waals surface area contributed by atoms with Crippen molar-refractivity contribution in [3.05, 3.63) is 0 Å². The Balaban J connectivity index is 0. The molecule has 0 unspecified atom stereocenters. The summed E-state index contributed by atoms with van der Waals surface area (Å²) in [6.45, 7) is 4.30. The van der Waals surface area contributed by atoms with E-state index in [1.54, 1.807) is 0 Å². The number of hydrogen-bond donors (Lipinski definition) is 1. The largest absolute Gasteiger partial charge is 0.396 e. The highest BCUT2D eigenvalue weighted by Gasteiger charge is 1.70. The van der Waals surface area contributed by atoms with Gasteiger partial charge in [0.2, 0.25) is 0 Å². The lowest BCUT2D eigenvalue weighted by Gasteiger charge is -1.78. The maximum Gasteiger partial charge on any atom is 0.0438 e. The molecule has 0 bridgehead atoms. The molecule has 46 valence electrons. The summed E-state index contributed by atoms with van der Waals surface area (Å²) in [6.07, 6.45) is 0.861. The molecule has 0 aromatic carbocycles. The molecule has 0 aromatic rings. The van der Waals surface area contributed by atoms with Crippen LogP contribution in [-0.2, 0) is 0 Å². The Morgan fingerprint density at radius 3 is 1.86 bits per heavy atom. The molecule has 0 rings (SSSR count). The summed E-state index contributed by atoms with van der Waals surface area (Å²) in [4.78, 5) is 0. The minimum atomic E-state index is 0.297. The van der Waals surface area contributed by atoms with E-state index in [1.165, 1.54) is 0 Å². The molecule has 2 heteroatoms. The van der Waals surface area contributed by atoms with Crippen LogP contribution >= 0.6 is 15.9 Å². The highest BCUT2D eigenvalue weighted by molar-refractivity contribution is 9.09. The van der Waals surface area contributed by atoms with E-state index in [4.69, 9.17) is 5.11 Å². The van der Waals surface area contributed by atoms with E-state index in [0.29, 0.717) is 6.61 Å². The van der Waals surface area contributed by atoms with Crippen molar-refractivity contribution in [1.82, 2.24) is 0 Å². The fourth-order valence-corrected chi connectivity index (χ4v) is 0.311. The Morgan fingerprint density at radius 2 is 1.86 bits per heavy atom. The summed E-state index contributed by atoms with van der Waals surface area (Å²) >= 11 is 3.15. The van der Waals surface area contributed by atoms with Crippen molar-refractivity contribution in [1.29, 1.82) is 0 Å². The number of hydrogen-bond acceptors (Lipinski definition) is 1. The second-order valence-corrected chi connectivity index (χ2v) is 1.56. The summed E-state index contributed by atoms with van der Waals surface area (Å²) in [7, 11) is 0. The molecule has 0 aliphatic heterocycles. The quantitative estimate of drug-likeness (QED) is 0.624. The van der Waals surface area contributed by atoms with Gasteiger partial charge in [0, 0.05) is 11.9 Å². The Labute approximate surface area is 53.9 Å². The number of rotatable bonds is 2. The first-order chi connectivity index (χ1) is 3.41. The van der Waals surface area contributed by atoms with Crippen LogP contribution in [0.1, 0.15) is 20.3 Å². The molecule has 0 radical (unpaired) electrons. The zero-order chi connectivity index (χ0) is 6.12. The van der Waals surface area contributed by atoms with E-state index in [9.17, 15) is 0 Å². The first kappa shape index (κ1) is 10.4. The van der Waals surface area contributed by atoms with Gasteiger partial charge < -0.3 is 5.11 Å². The molecular weight excluding hydrogens is 156 g/mol. The maximum atomic E-state index is 8.04. The van der Waals surface area contributed by atoms with Gasteiger partial charge >= 0.3 is 0 Å². The highest BCUT2D eigenvalue weighted by atomic mass is 79.9. The minimum absolute atomic E-state index is 0.297. The van der Waals surface area contributed by atoms with Crippen molar-refractivity contribution in [3.8, 4) is 0 Å². The molecule has 0 spiro atoms. The molecule has 0 heterocycles. The molecule has 0 fully saturated rings. The first-order valence-electron chi connectivity index (χ1n) is 2.58. The Hall–Kier alpha value is 0.440. The predicted molar refractivity (Wildman–Crippen MR) is 36.8 cm³/mol. The van der Waals surface area contributed by atoms with Crippen LogP contribution < -0.4 is 0 Å². The van der Waals surface area contributed by atoms with Gasteiger partial charge in [-0.25, -0.2) is 0 Å². The van der Waals surface area contributed by atoms with Gasteiger partial charge in [0.05, 0.1) is 0 Å². The molecule has 0 aliphatic rings. The van der Waals surface area contributed by atoms with E-state index >= 15 is 0 Å². The lowest BCUT2D eigenvalue weighted by atomic mass is 10.5. The molecule has 7 heavy (non-hydrogen) atoms. The predicted octanol–water partition coefficient (Wildman–Crippen LogP) is 1.79. The summed E-state index contributed by atoms with van der Waals surface area (Å²) in [6, 6.07) is 0. The number of aliphatic hydroxyl groups is 1. The van der Waals surface area contributed by atoms with Crippen molar-refractivity contribution in [3.63, 3.8) is 0 Å². The van der Waals surface area contributed by atoms with Gasteiger partial charge in [0.15, 0.2) is 0 Å². The number of halogens is 1. The van der Waals surface area contributed by atoms with Crippen LogP contribution in [0, 0.1) is 0 Å². The SMILES string of the molecule is CC.OCCCBr. The fraction of sp³-hybridized carbons (Fsp3) is 1.00. The number of alkyl halides is 1. The second kappa shape index (κ2) is 16.1. The van der Waals surface area contributed by atoms with Crippen LogP contribution in [0.2, 0.25) is 0 Å². The van der Waals surface area contributed by atoms with Gasteiger partial charge in [-0.15, -0.1) is 0 Å². The van der Waals surface area contributed by atoms with Crippen LogP contribution in [-0.4, -0.2) is 17.0 Å². The van der Waals surface area contributed by atoms with Crippen LogP contribution in [0.3, 0.4) is 0 Å². The van der Waals surface area contributed by atoms with E-state index in [-0.39, 0.29) is 0 Å². The van der Waals surface area contributed by atoms with E-state index < -0.39 is 0 Å². The Bertz CT molecular complexity index is 15.6. The van der Waals surface area contributed by atoms with Crippen molar-refractivity contribution in [2.45, 2.75) is 20.3 Å². The Morgan fingerprint density at radius 1 is 1.43 bits per heavy atom. The number of aliphatic hydroxyl groups excluding tert-OH is 1. The monoisotopic (exact) mass is 168 g/mol. The average Bonchev–Trinajstić information content (AvgIpc) is 1.75. The molecular formula is C5H13BrO. The van der Waals surface area contributed by atoms with Crippen molar-refractivity contribution < 1.29 is 5.11 Å². The third kappa shape index (κ3) is 21.3. The second-order valence-electron chi connectivity index (χ2n) is 0.766. The third-order valence-corrected chi connectivity index (χ3v) is 0.852.